The Morgan fingerprint density at radius 3 is 2.56 bits per heavy atom. The number of hydrogen-bond donors (Lipinski definition) is 1. The minimum atomic E-state index is -0.360. The van der Waals surface area contributed by atoms with Crippen molar-refractivity contribution in [3.05, 3.63) is 36.4 Å². The van der Waals surface area contributed by atoms with Crippen LogP contribution in [-0.4, -0.2) is 64.8 Å². The van der Waals surface area contributed by atoms with E-state index in [2.05, 4.69) is 23.1 Å². The van der Waals surface area contributed by atoms with Gasteiger partial charge in [-0.3, -0.25) is 4.79 Å². The lowest BCUT2D eigenvalue weighted by atomic mass is 9.91. The number of para-hydroxylation sites is 1. The lowest BCUT2D eigenvalue weighted by Gasteiger charge is -2.40. The number of piperazine rings is 1. The number of fused-ring (bicyclic) bond motifs is 1. The Bertz CT molecular complexity index is 858. The average Bonchev–Trinajstić information content (AvgIpc) is 3.46. The smallest absolute Gasteiger partial charge is 0.242 e. The van der Waals surface area contributed by atoms with E-state index in [1.165, 1.54) is 17.9 Å². The summed E-state index contributed by atoms with van der Waals surface area (Å²) in [5.74, 6) is 1.05. The summed E-state index contributed by atoms with van der Waals surface area (Å²) in [5.41, 5.74) is 1.31. The van der Waals surface area contributed by atoms with Gasteiger partial charge in [0.05, 0.1) is 5.52 Å². The lowest BCUT2D eigenvalue weighted by molar-refractivity contribution is -0.179. The number of amides is 1. The molecule has 6 heteroatoms. The Morgan fingerprint density at radius 2 is 1.81 bits per heavy atom. The molecule has 1 aromatic heterocycles. The molecule has 1 spiro atoms. The van der Waals surface area contributed by atoms with Crippen LogP contribution in [0.25, 0.3) is 10.9 Å². The number of carbonyl (C=O) groups excluding carboxylic acids is 1. The van der Waals surface area contributed by atoms with Gasteiger partial charge in [-0.2, -0.15) is 5.06 Å². The highest BCUT2D eigenvalue weighted by Crippen LogP contribution is 2.52. The van der Waals surface area contributed by atoms with Crippen LogP contribution in [-0.2, 0) is 4.79 Å². The molecule has 5 rings (SSSR count). The van der Waals surface area contributed by atoms with Gasteiger partial charge in [0.15, 0.2) is 0 Å². The van der Waals surface area contributed by atoms with Crippen LogP contribution >= 0.6 is 0 Å². The van der Waals surface area contributed by atoms with Gasteiger partial charge >= 0.3 is 0 Å². The molecule has 3 heterocycles. The van der Waals surface area contributed by atoms with Gasteiger partial charge in [0.25, 0.3) is 0 Å². The fraction of sp³-hybridized carbons (Fsp3) is 0.524. The highest BCUT2D eigenvalue weighted by molar-refractivity contribution is 5.82. The number of hydroxylamine groups is 2. The predicted molar refractivity (Wildman–Crippen MR) is 104 cm³/mol. The van der Waals surface area contributed by atoms with Gasteiger partial charge in [-0.15, -0.1) is 0 Å². The molecule has 1 atom stereocenters. The fourth-order valence-corrected chi connectivity index (χ4v) is 4.56. The number of hydrogen-bond acceptors (Lipinski definition) is 5. The van der Waals surface area contributed by atoms with Crippen LogP contribution in [0.4, 0.5) is 5.82 Å². The summed E-state index contributed by atoms with van der Waals surface area (Å²) in [7, 11) is 0. The molecule has 2 aliphatic heterocycles. The largest absolute Gasteiger partial charge is 0.353 e. The maximum Gasteiger partial charge on any atom is 0.242 e. The van der Waals surface area contributed by atoms with Gasteiger partial charge in [-0.05, 0) is 49.3 Å². The Labute approximate surface area is 159 Å². The van der Waals surface area contributed by atoms with Crippen molar-refractivity contribution in [3.8, 4) is 0 Å². The predicted octanol–water partition coefficient (Wildman–Crippen LogP) is 2.52. The summed E-state index contributed by atoms with van der Waals surface area (Å²) < 4.78 is 0. The molecule has 0 radical (unpaired) electrons. The van der Waals surface area contributed by atoms with Crippen LogP contribution in [0, 0.1) is 5.41 Å². The molecular weight excluding hydrogens is 340 g/mol. The van der Waals surface area contributed by atoms with E-state index in [1.807, 2.05) is 23.1 Å². The van der Waals surface area contributed by atoms with Crippen molar-refractivity contribution >= 4 is 22.6 Å². The first-order valence-corrected chi connectivity index (χ1v) is 9.99. The Morgan fingerprint density at radius 1 is 1.04 bits per heavy atom. The van der Waals surface area contributed by atoms with E-state index < -0.39 is 0 Å². The summed E-state index contributed by atoms with van der Waals surface area (Å²) in [6, 6.07) is 11.9. The van der Waals surface area contributed by atoms with Crippen molar-refractivity contribution in [2.45, 2.75) is 31.7 Å². The molecule has 2 aromatic rings. The summed E-state index contributed by atoms with van der Waals surface area (Å²) >= 11 is 0. The van der Waals surface area contributed by atoms with Crippen LogP contribution in [0.15, 0.2) is 36.4 Å². The molecule has 27 heavy (non-hydrogen) atoms. The number of rotatable bonds is 2. The number of carbonyl (C=O) groups is 1. The van der Waals surface area contributed by atoms with Crippen LogP contribution in [0.1, 0.15) is 25.7 Å². The number of aromatic nitrogens is 1. The second-order valence-corrected chi connectivity index (χ2v) is 8.33. The summed E-state index contributed by atoms with van der Waals surface area (Å²) in [5, 5.41) is 12.8. The van der Waals surface area contributed by atoms with Crippen molar-refractivity contribution < 1.29 is 10.0 Å². The standard InChI is InChI=1S/C21H26N4O2/c26-20(18-7-8-21(9-10-21)15-25(18)27)24-13-11-23(12-14-24)19-6-5-16-3-1-2-4-17(16)22-19/h1-6,18,27H,7-15H2. The zero-order chi connectivity index (χ0) is 18.4. The summed E-state index contributed by atoms with van der Waals surface area (Å²) in [6.45, 7) is 3.58. The van der Waals surface area contributed by atoms with E-state index in [0.717, 1.165) is 42.7 Å². The maximum absolute atomic E-state index is 12.9. The number of nitrogens with zero attached hydrogens (tertiary/aromatic N) is 4. The van der Waals surface area contributed by atoms with Crippen LogP contribution in [0.2, 0.25) is 0 Å². The number of anilines is 1. The molecule has 1 aliphatic carbocycles. The Balaban J connectivity index is 1.22. The van der Waals surface area contributed by atoms with Gasteiger partial charge in [0.2, 0.25) is 5.91 Å². The number of benzene rings is 1. The average molecular weight is 366 g/mol. The third-order valence-corrected chi connectivity index (χ3v) is 6.55. The van der Waals surface area contributed by atoms with Crippen LogP contribution in [0.5, 0.6) is 0 Å². The van der Waals surface area contributed by atoms with Crippen molar-refractivity contribution in [1.82, 2.24) is 14.9 Å². The molecule has 1 saturated carbocycles. The first-order chi connectivity index (χ1) is 13.1. The molecule has 1 N–H and O–H groups in total. The fourth-order valence-electron chi connectivity index (χ4n) is 4.56. The molecule has 1 aromatic carbocycles. The normalized spacial score (nSPS) is 25.1. The molecule has 0 bridgehead atoms. The van der Waals surface area contributed by atoms with Crippen molar-refractivity contribution in [1.29, 1.82) is 0 Å². The zero-order valence-corrected chi connectivity index (χ0v) is 15.5. The van der Waals surface area contributed by atoms with Crippen molar-refractivity contribution in [3.63, 3.8) is 0 Å². The molecule has 1 amide bonds. The van der Waals surface area contributed by atoms with Gasteiger partial charge in [0, 0.05) is 38.1 Å². The van der Waals surface area contributed by atoms with E-state index in [9.17, 15) is 10.0 Å². The maximum atomic E-state index is 12.9. The van der Waals surface area contributed by atoms with E-state index in [-0.39, 0.29) is 11.9 Å². The monoisotopic (exact) mass is 366 g/mol. The molecule has 3 aliphatic rings. The molecule has 6 nitrogen and oxygen atoms in total. The van der Waals surface area contributed by atoms with E-state index in [0.29, 0.717) is 25.0 Å². The first-order valence-electron chi connectivity index (χ1n) is 9.99. The summed E-state index contributed by atoms with van der Waals surface area (Å²) in [6.07, 6.45) is 4.24. The highest BCUT2D eigenvalue weighted by Gasteiger charge is 2.49. The topological polar surface area (TPSA) is 59.9 Å². The third kappa shape index (κ3) is 3.17. The minimum Gasteiger partial charge on any atom is -0.353 e. The third-order valence-electron chi connectivity index (χ3n) is 6.55. The van der Waals surface area contributed by atoms with Gasteiger partial charge in [-0.1, -0.05) is 18.2 Å². The summed E-state index contributed by atoms with van der Waals surface area (Å²) in [4.78, 5) is 21.8. The van der Waals surface area contributed by atoms with E-state index in [1.54, 1.807) is 0 Å². The van der Waals surface area contributed by atoms with E-state index >= 15 is 0 Å². The first kappa shape index (κ1) is 17.0. The highest BCUT2D eigenvalue weighted by atomic mass is 16.5. The van der Waals surface area contributed by atoms with Gasteiger partial charge in [0.1, 0.15) is 11.9 Å². The minimum absolute atomic E-state index is 0.0825. The molecule has 142 valence electrons. The second kappa shape index (κ2) is 6.46. The molecule has 3 fully saturated rings. The van der Waals surface area contributed by atoms with E-state index in [4.69, 9.17) is 4.98 Å². The second-order valence-electron chi connectivity index (χ2n) is 8.33. The quantitative estimate of drug-likeness (QED) is 0.885. The molecule has 2 saturated heterocycles. The molecule has 1 unspecified atom stereocenters. The van der Waals surface area contributed by atoms with Crippen LogP contribution in [0.3, 0.4) is 0 Å². The van der Waals surface area contributed by atoms with Gasteiger partial charge in [-0.25, -0.2) is 4.98 Å². The Hall–Kier alpha value is -2.18. The zero-order valence-electron chi connectivity index (χ0n) is 15.5. The van der Waals surface area contributed by atoms with Crippen molar-refractivity contribution in [2.75, 3.05) is 37.6 Å². The van der Waals surface area contributed by atoms with Gasteiger partial charge < -0.3 is 15.0 Å². The Kier molecular flexibility index (Phi) is 4.06. The van der Waals surface area contributed by atoms with Crippen molar-refractivity contribution in [2.24, 2.45) is 5.41 Å². The lowest BCUT2D eigenvalue weighted by Crippen LogP contribution is -2.56. The number of pyridine rings is 1. The number of piperidine rings is 1. The SMILES string of the molecule is O=C(C1CCC2(CC2)CN1O)N1CCN(c2ccc3ccccc3n2)CC1. The van der Waals surface area contributed by atoms with Crippen LogP contribution < -0.4 is 4.90 Å². The molecular formula is C21H26N4O2.